The van der Waals surface area contributed by atoms with E-state index < -0.39 is 0 Å². The fourth-order valence-electron chi connectivity index (χ4n) is 1.03. The van der Waals surface area contributed by atoms with Crippen molar-refractivity contribution in [2.45, 2.75) is 0 Å². The van der Waals surface area contributed by atoms with Gasteiger partial charge in [0, 0.05) is 20.1 Å². The molecule has 3 N–H and O–H groups in total. The number of likely N-dealkylation sites (N-methyl/N-ethyl adjacent to an activating group) is 1. The number of halogens is 1. The van der Waals surface area contributed by atoms with Gasteiger partial charge in [-0.15, -0.1) is 0 Å². The van der Waals surface area contributed by atoms with Crippen molar-refractivity contribution in [2.24, 2.45) is 5.73 Å². The fourth-order valence-corrected chi connectivity index (χ4v) is 1.31. The van der Waals surface area contributed by atoms with Crippen LogP contribution in [0.25, 0.3) is 0 Å². The molecular formula is C7H11ClN4O. The van der Waals surface area contributed by atoms with Gasteiger partial charge in [-0.25, -0.2) is 5.10 Å². The van der Waals surface area contributed by atoms with Gasteiger partial charge in [-0.1, -0.05) is 11.6 Å². The third-order valence-electron chi connectivity index (χ3n) is 1.63. The fraction of sp³-hybridized carbons (Fsp3) is 0.429. The number of anilines is 1. The minimum Gasteiger partial charge on any atom is -0.368 e. The molecule has 0 atom stereocenters. The molecule has 0 saturated heterocycles. The molecule has 0 aliphatic rings. The number of nitrogens with one attached hydrogen (secondary N) is 1. The first-order chi connectivity index (χ1) is 6.16. The van der Waals surface area contributed by atoms with Gasteiger partial charge in [-0.3, -0.25) is 4.79 Å². The SMILES string of the molecule is CN(CCN)c1c(Cl)cn[nH]c1=O. The lowest BCUT2D eigenvalue weighted by Crippen LogP contribution is -2.30. The highest BCUT2D eigenvalue weighted by Crippen LogP contribution is 2.17. The van der Waals surface area contributed by atoms with Crippen LogP contribution in [0.4, 0.5) is 5.69 Å². The number of H-pyrrole nitrogens is 1. The van der Waals surface area contributed by atoms with Gasteiger partial charge in [-0.05, 0) is 0 Å². The standard InChI is InChI=1S/C7H11ClN4O/c1-12(3-2-9)6-5(8)4-10-11-7(6)13/h4H,2-3,9H2,1H3,(H,11,13). The molecule has 0 spiro atoms. The summed E-state index contributed by atoms with van der Waals surface area (Å²) in [5.41, 5.74) is 5.46. The van der Waals surface area contributed by atoms with E-state index in [9.17, 15) is 4.79 Å². The zero-order valence-electron chi connectivity index (χ0n) is 7.25. The summed E-state index contributed by atoms with van der Waals surface area (Å²) < 4.78 is 0. The van der Waals surface area contributed by atoms with E-state index in [4.69, 9.17) is 17.3 Å². The molecule has 0 bridgehead atoms. The van der Waals surface area contributed by atoms with Crippen LogP contribution in [0.15, 0.2) is 11.0 Å². The van der Waals surface area contributed by atoms with Crippen molar-refractivity contribution >= 4 is 17.3 Å². The van der Waals surface area contributed by atoms with E-state index in [1.54, 1.807) is 11.9 Å². The summed E-state index contributed by atoms with van der Waals surface area (Å²) in [7, 11) is 1.75. The molecule has 0 fully saturated rings. The van der Waals surface area contributed by atoms with Crippen LogP contribution in [0.5, 0.6) is 0 Å². The first-order valence-electron chi connectivity index (χ1n) is 3.81. The highest BCUT2D eigenvalue weighted by Gasteiger charge is 2.09. The molecule has 0 aliphatic heterocycles. The average molecular weight is 203 g/mol. The molecule has 0 aromatic carbocycles. The summed E-state index contributed by atoms with van der Waals surface area (Å²) >= 11 is 5.80. The van der Waals surface area contributed by atoms with Crippen molar-refractivity contribution < 1.29 is 0 Å². The van der Waals surface area contributed by atoms with Gasteiger partial charge in [0.2, 0.25) is 0 Å². The monoisotopic (exact) mass is 202 g/mol. The van der Waals surface area contributed by atoms with E-state index in [2.05, 4.69) is 10.2 Å². The number of hydrogen-bond acceptors (Lipinski definition) is 4. The predicted molar refractivity (Wildman–Crippen MR) is 52.2 cm³/mol. The minimum atomic E-state index is -0.302. The Morgan fingerprint density at radius 3 is 3.00 bits per heavy atom. The second kappa shape index (κ2) is 4.25. The maximum absolute atomic E-state index is 11.3. The van der Waals surface area contributed by atoms with Crippen molar-refractivity contribution in [1.29, 1.82) is 0 Å². The summed E-state index contributed by atoms with van der Waals surface area (Å²) in [6, 6.07) is 0. The number of hydrogen-bond donors (Lipinski definition) is 2. The highest BCUT2D eigenvalue weighted by atomic mass is 35.5. The van der Waals surface area contributed by atoms with Gasteiger partial charge in [0.15, 0.2) is 0 Å². The lowest BCUT2D eigenvalue weighted by molar-refractivity contribution is 0.863. The largest absolute Gasteiger partial charge is 0.368 e. The number of rotatable bonds is 3. The Kier molecular flexibility index (Phi) is 3.27. The lowest BCUT2D eigenvalue weighted by atomic mass is 10.4. The maximum Gasteiger partial charge on any atom is 0.289 e. The molecule has 72 valence electrons. The van der Waals surface area contributed by atoms with Gasteiger partial charge >= 0.3 is 0 Å². The second-order valence-corrected chi connectivity index (χ2v) is 3.01. The number of aromatic amines is 1. The third-order valence-corrected chi connectivity index (χ3v) is 1.91. The van der Waals surface area contributed by atoms with E-state index in [1.165, 1.54) is 6.20 Å². The van der Waals surface area contributed by atoms with E-state index in [-0.39, 0.29) is 5.56 Å². The molecule has 1 aromatic rings. The topological polar surface area (TPSA) is 75.0 Å². The van der Waals surface area contributed by atoms with E-state index in [1.807, 2.05) is 0 Å². The first kappa shape index (κ1) is 10.0. The van der Waals surface area contributed by atoms with E-state index in [0.29, 0.717) is 23.8 Å². The van der Waals surface area contributed by atoms with Crippen LogP contribution < -0.4 is 16.2 Å². The van der Waals surface area contributed by atoms with Crippen LogP contribution in [0.3, 0.4) is 0 Å². The van der Waals surface area contributed by atoms with Crippen molar-refractivity contribution in [3.05, 3.63) is 21.6 Å². The Morgan fingerprint density at radius 1 is 1.77 bits per heavy atom. The Hall–Kier alpha value is -1.07. The Bertz CT molecular complexity index is 338. The van der Waals surface area contributed by atoms with Gasteiger partial charge in [0.05, 0.1) is 11.2 Å². The summed E-state index contributed by atoms with van der Waals surface area (Å²) in [6.45, 7) is 1.04. The van der Waals surface area contributed by atoms with Crippen molar-refractivity contribution in [3.63, 3.8) is 0 Å². The van der Waals surface area contributed by atoms with Crippen LogP contribution in [0, 0.1) is 0 Å². The number of nitrogens with zero attached hydrogens (tertiary/aromatic N) is 2. The zero-order valence-corrected chi connectivity index (χ0v) is 8.01. The molecular weight excluding hydrogens is 192 g/mol. The Labute approximate surface area is 80.5 Å². The van der Waals surface area contributed by atoms with Gasteiger partial charge in [0.1, 0.15) is 5.69 Å². The summed E-state index contributed by atoms with van der Waals surface area (Å²) in [5, 5.41) is 6.20. The first-order valence-corrected chi connectivity index (χ1v) is 4.19. The van der Waals surface area contributed by atoms with E-state index >= 15 is 0 Å². The van der Waals surface area contributed by atoms with Crippen LogP contribution in [0.1, 0.15) is 0 Å². The number of nitrogens with two attached hydrogens (primary N) is 1. The lowest BCUT2D eigenvalue weighted by Gasteiger charge is -2.17. The summed E-state index contributed by atoms with van der Waals surface area (Å²) in [5.74, 6) is 0. The molecule has 1 aromatic heterocycles. The van der Waals surface area contributed by atoms with Crippen LogP contribution in [-0.4, -0.2) is 30.3 Å². The van der Waals surface area contributed by atoms with Gasteiger partial charge in [0.25, 0.3) is 5.56 Å². The van der Waals surface area contributed by atoms with E-state index in [0.717, 1.165) is 0 Å². The summed E-state index contributed by atoms with van der Waals surface area (Å²) in [4.78, 5) is 13.0. The maximum atomic E-state index is 11.3. The zero-order chi connectivity index (χ0) is 9.84. The van der Waals surface area contributed by atoms with Gasteiger partial charge < -0.3 is 10.6 Å². The number of aromatic nitrogens is 2. The van der Waals surface area contributed by atoms with Crippen molar-refractivity contribution in [1.82, 2.24) is 10.2 Å². The predicted octanol–water partition coefficient (Wildman–Crippen LogP) is -0.182. The molecule has 0 unspecified atom stereocenters. The third kappa shape index (κ3) is 2.19. The molecule has 6 heteroatoms. The quantitative estimate of drug-likeness (QED) is 0.713. The molecule has 0 saturated carbocycles. The van der Waals surface area contributed by atoms with Crippen molar-refractivity contribution in [2.75, 3.05) is 25.0 Å². The minimum absolute atomic E-state index is 0.302. The van der Waals surface area contributed by atoms with Crippen LogP contribution >= 0.6 is 11.6 Å². The summed E-state index contributed by atoms with van der Waals surface area (Å²) in [6.07, 6.45) is 1.39. The molecule has 0 amide bonds. The Balaban J connectivity index is 3.05. The normalized spacial score (nSPS) is 10.1. The molecule has 13 heavy (non-hydrogen) atoms. The molecule has 5 nitrogen and oxygen atoms in total. The Morgan fingerprint density at radius 2 is 2.46 bits per heavy atom. The molecule has 1 rings (SSSR count). The van der Waals surface area contributed by atoms with Crippen LogP contribution in [0.2, 0.25) is 5.02 Å². The highest BCUT2D eigenvalue weighted by molar-refractivity contribution is 6.33. The molecule has 0 aliphatic carbocycles. The average Bonchev–Trinajstić information content (AvgIpc) is 2.04. The smallest absolute Gasteiger partial charge is 0.289 e. The van der Waals surface area contributed by atoms with Gasteiger partial charge in [-0.2, -0.15) is 5.10 Å². The molecule has 1 heterocycles. The van der Waals surface area contributed by atoms with Crippen molar-refractivity contribution in [3.8, 4) is 0 Å². The second-order valence-electron chi connectivity index (χ2n) is 2.61. The van der Waals surface area contributed by atoms with Crippen LogP contribution in [-0.2, 0) is 0 Å². The molecule has 0 radical (unpaired) electrons.